The van der Waals surface area contributed by atoms with E-state index < -0.39 is 0 Å². The summed E-state index contributed by atoms with van der Waals surface area (Å²) in [6, 6.07) is 4.37. The molecule has 1 atom stereocenters. The van der Waals surface area contributed by atoms with Crippen molar-refractivity contribution in [2.45, 2.75) is 32.7 Å². The second-order valence-corrected chi connectivity index (χ2v) is 4.69. The molecule has 0 aromatic carbocycles. The average Bonchev–Trinajstić information content (AvgIpc) is 2.86. The summed E-state index contributed by atoms with van der Waals surface area (Å²) < 4.78 is 1.94. The maximum Gasteiger partial charge on any atom is 0.0751 e. The Hall–Kier alpha value is -1.68. The van der Waals surface area contributed by atoms with Crippen LogP contribution in [0.2, 0.25) is 0 Å². The smallest absolute Gasteiger partial charge is 0.0751 e. The molecule has 0 aliphatic heterocycles. The molecule has 0 radical (unpaired) electrons. The summed E-state index contributed by atoms with van der Waals surface area (Å²) >= 11 is 0. The quantitative estimate of drug-likeness (QED) is 0.865. The summed E-state index contributed by atoms with van der Waals surface area (Å²) in [5, 5.41) is 7.90. The highest BCUT2D eigenvalue weighted by atomic mass is 15.3. The van der Waals surface area contributed by atoms with Gasteiger partial charge in [0.2, 0.25) is 0 Å². The minimum Gasteiger partial charge on any atom is -0.305 e. The minimum atomic E-state index is 0.186. The number of nitrogens with zero attached hydrogens (tertiary/aromatic N) is 3. The zero-order chi connectivity index (χ0) is 13.7. The van der Waals surface area contributed by atoms with Gasteiger partial charge in [0.15, 0.2) is 0 Å². The van der Waals surface area contributed by atoms with E-state index in [9.17, 15) is 0 Å². The molecule has 4 heteroatoms. The topological polar surface area (TPSA) is 42.7 Å². The SMILES string of the molecule is CCCNC(c1ccncc1CC)c1ccnn1C. The summed E-state index contributed by atoms with van der Waals surface area (Å²) in [4.78, 5) is 4.23. The maximum absolute atomic E-state index is 4.29. The molecule has 0 bridgehead atoms. The van der Waals surface area contributed by atoms with Gasteiger partial charge in [-0.05, 0) is 42.6 Å². The molecule has 0 amide bonds. The van der Waals surface area contributed by atoms with E-state index in [0.717, 1.165) is 19.4 Å². The standard InChI is InChI=1S/C15H22N4/c1-4-8-17-15(14-7-10-18-19(14)3)13-6-9-16-11-12(13)5-2/h6-7,9-11,15,17H,4-5,8H2,1-3H3. The second kappa shape index (κ2) is 6.48. The van der Waals surface area contributed by atoms with Crippen molar-refractivity contribution in [1.29, 1.82) is 0 Å². The zero-order valence-corrected chi connectivity index (χ0v) is 11.9. The Labute approximate surface area is 114 Å². The fourth-order valence-corrected chi connectivity index (χ4v) is 2.34. The van der Waals surface area contributed by atoms with E-state index in [1.807, 2.05) is 30.3 Å². The third-order valence-corrected chi connectivity index (χ3v) is 3.39. The Morgan fingerprint density at radius 1 is 1.26 bits per heavy atom. The highest BCUT2D eigenvalue weighted by Crippen LogP contribution is 2.24. The molecule has 0 saturated heterocycles. The molecule has 0 spiro atoms. The number of aromatic nitrogens is 3. The lowest BCUT2D eigenvalue weighted by Gasteiger charge is -2.21. The van der Waals surface area contributed by atoms with Crippen molar-refractivity contribution in [3.63, 3.8) is 0 Å². The molecule has 1 unspecified atom stereocenters. The molecular formula is C15H22N4. The monoisotopic (exact) mass is 258 g/mol. The molecule has 1 N–H and O–H groups in total. The fraction of sp³-hybridized carbons (Fsp3) is 0.467. The number of pyridine rings is 1. The van der Waals surface area contributed by atoms with Crippen molar-refractivity contribution < 1.29 is 0 Å². The molecule has 0 aliphatic rings. The summed E-state index contributed by atoms with van der Waals surface area (Å²) in [7, 11) is 1.99. The highest BCUT2D eigenvalue weighted by Gasteiger charge is 2.18. The van der Waals surface area contributed by atoms with Crippen molar-refractivity contribution >= 4 is 0 Å². The maximum atomic E-state index is 4.29. The lowest BCUT2D eigenvalue weighted by Crippen LogP contribution is -2.26. The number of aryl methyl sites for hydroxylation is 2. The van der Waals surface area contributed by atoms with E-state index in [1.54, 1.807) is 0 Å². The molecule has 2 aromatic heterocycles. The van der Waals surface area contributed by atoms with Gasteiger partial charge in [-0.15, -0.1) is 0 Å². The van der Waals surface area contributed by atoms with Crippen LogP contribution in [0.15, 0.2) is 30.7 Å². The van der Waals surface area contributed by atoms with E-state index >= 15 is 0 Å². The first kappa shape index (κ1) is 13.7. The van der Waals surface area contributed by atoms with Crippen molar-refractivity contribution in [3.05, 3.63) is 47.5 Å². The lowest BCUT2D eigenvalue weighted by molar-refractivity contribution is 0.550. The molecule has 102 valence electrons. The second-order valence-electron chi connectivity index (χ2n) is 4.69. The molecule has 0 saturated carbocycles. The first-order valence-corrected chi connectivity index (χ1v) is 6.92. The van der Waals surface area contributed by atoms with Gasteiger partial charge < -0.3 is 5.32 Å². The van der Waals surface area contributed by atoms with Crippen LogP contribution in [0.25, 0.3) is 0 Å². The minimum absolute atomic E-state index is 0.186. The van der Waals surface area contributed by atoms with Crippen LogP contribution in [0.3, 0.4) is 0 Å². The van der Waals surface area contributed by atoms with Crippen LogP contribution >= 0.6 is 0 Å². The third-order valence-electron chi connectivity index (χ3n) is 3.39. The Bertz CT molecular complexity index is 518. The van der Waals surface area contributed by atoms with Gasteiger partial charge in [0.1, 0.15) is 0 Å². The number of nitrogens with one attached hydrogen (secondary N) is 1. The molecule has 2 rings (SSSR count). The summed E-state index contributed by atoms with van der Waals surface area (Å²) in [5.74, 6) is 0. The number of hydrogen-bond acceptors (Lipinski definition) is 3. The molecule has 19 heavy (non-hydrogen) atoms. The van der Waals surface area contributed by atoms with Crippen LogP contribution in [0.1, 0.15) is 43.1 Å². The summed E-state index contributed by atoms with van der Waals surface area (Å²) in [6.07, 6.45) is 7.78. The normalized spacial score (nSPS) is 12.6. The van der Waals surface area contributed by atoms with Gasteiger partial charge in [-0.25, -0.2) is 0 Å². The van der Waals surface area contributed by atoms with Gasteiger partial charge in [-0.2, -0.15) is 5.10 Å². The van der Waals surface area contributed by atoms with Gasteiger partial charge in [0, 0.05) is 25.6 Å². The molecule has 0 aliphatic carbocycles. The van der Waals surface area contributed by atoms with E-state index in [-0.39, 0.29) is 6.04 Å². The van der Waals surface area contributed by atoms with Crippen molar-refractivity contribution in [1.82, 2.24) is 20.1 Å². The van der Waals surface area contributed by atoms with Crippen molar-refractivity contribution in [3.8, 4) is 0 Å². The fourth-order valence-electron chi connectivity index (χ4n) is 2.34. The summed E-state index contributed by atoms with van der Waals surface area (Å²) in [5.41, 5.74) is 3.78. The van der Waals surface area contributed by atoms with E-state index in [1.165, 1.54) is 16.8 Å². The van der Waals surface area contributed by atoms with E-state index in [0.29, 0.717) is 0 Å². The predicted molar refractivity (Wildman–Crippen MR) is 77.0 cm³/mol. The Morgan fingerprint density at radius 2 is 2.11 bits per heavy atom. The zero-order valence-electron chi connectivity index (χ0n) is 11.9. The predicted octanol–water partition coefficient (Wildman–Crippen LogP) is 2.47. The lowest BCUT2D eigenvalue weighted by atomic mass is 9.98. The third kappa shape index (κ3) is 3.01. The molecule has 4 nitrogen and oxygen atoms in total. The van der Waals surface area contributed by atoms with Gasteiger partial charge >= 0.3 is 0 Å². The highest BCUT2D eigenvalue weighted by molar-refractivity contribution is 5.33. The first-order chi connectivity index (χ1) is 9.27. The van der Waals surface area contributed by atoms with Gasteiger partial charge in [0.05, 0.1) is 11.7 Å². The molecule has 0 fully saturated rings. The average molecular weight is 258 g/mol. The Kier molecular flexibility index (Phi) is 4.68. The van der Waals surface area contributed by atoms with Gasteiger partial charge in [-0.1, -0.05) is 13.8 Å². The van der Waals surface area contributed by atoms with E-state index in [2.05, 4.69) is 41.4 Å². The number of rotatable bonds is 6. The van der Waals surface area contributed by atoms with Crippen LogP contribution in [0, 0.1) is 0 Å². The Balaban J connectivity index is 2.40. The van der Waals surface area contributed by atoms with Crippen LogP contribution in [-0.4, -0.2) is 21.3 Å². The first-order valence-electron chi connectivity index (χ1n) is 6.92. The van der Waals surface area contributed by atoms with E-state index in [4.69, 9.17) is 0 Å². The van der Waals surface area contributed by atoms with Gasteiger partial charge in [-0.3, -0.25) is 9.67 Å². The largest absolute Gasteiger partial charge is 0.305 e. The van der Waals surface area contributed by atoms with Crippen LogP contribution < -0.4 is 5.32 Å². The Morgan fingerprint density at radius 3 is 2.74 bits per heavy atom. The molecule has 2 aromatic rings. The van der Waals surface area contributed by atoms with Gasteiger partial charge in [0.25, 0.3) is 0 Å². The summed E-state index contributed by atoms with van der Waals surface area (Å²) in [6.45, 7) is 5.34. The van der Waals surface area contributed by atoms with Crippen molar-refractivity contribution in [2.24, 2.45) is 7.05 Å². The van der Waals surface area contributed by atoms with Crippen molar-refractivity contribution in [2.75, 3.05) is 6.54 Å². The number of hydrogen-bond donors (Lipinski definition) is 1. The van der Waals surface area contributed by atoms with Crippen LogP contribution in [0.4, 0.5) is 0 Å². The van der Waals surface area contributed by atoms with Crippen LogP contribution in [-0.2, 0) is 13.5 Å². The molecular weight excluding hydrogens is 236 g/mol. The molecule has 2 heterocycles. The van der Waals surface area contributed by atoms with Crippen LogP contribution in [0.5, 0.6) is 0 Å².